The predicted molar refractivity (Wildman–Crippen MR) is 70.3 cm³/mol. The van der Waals surface area contributed by atoms with Crippen LogP contribution in [-0.4, -0.2) is 16.9 Å². The Morgan fingerprint density at radius 3 is 2.32 bits per heavy atom. The van der Waals surface area contributed by atoms with Crippen molar-refractivity contribution in [1.82, 2.24) is 0 Å². The summed E-state index contributed by atoms with van der Waals surface area (Å²) in [5.74, 6) is -0.577. The molecule has 0 heterocycles. The summed E-state index contributed by atoms with van der Waals surface area (Å²) in [7, 11) is 0. The highest BCUT2D eigenvalue weighted by atomic mass is 16.5. The van der Waals surface area contributed by atoms with Crippen molar-refractivity contribution >= 4 is 17.4 Å². The van der Waals surface area contributed by atoms with Gasteiger partial charge in [0.1, 0.15) is 0 Å². The van der Waals surface area contributed by atoms with E-state index in [2.05, 4.69) is 0 Å². The molecule has 1 aliphatic carbocycles. The first kappa shape index (κ1) is 11.6. The summed E-state index contributed by atoms with van der Waals surface area (Å²) in [6.45, 7) is 1.25. The van der Waals surface area contributed by atoms with E-state index in [9.17, 15) is 14.8 Å². The molecule has 0 fully saturated rings. The summed E-state index contributed by atoms with van der Waals surface area (Å²) in [6, 6.07) is 12.3. The Bertz CT molecular complexity index is 706. The van der Waals surface area contributed by atoms with Gasteiger partial charge in [-0.15, -0.1) is 0 Å². The van der Waals surface area contributed by atoms with Crippen LogP contribution < -0.4 is 5.06 Å². The minimum absolute atomic E-state index is 0.0793. The number of hydrogen-bond donors (Lipinski definition) is 1. The maximum atomic E-state index is 12.2. The van der Waals surface area contributed by atoms with Gasteiger partial charge in [-0.1, -0.05) is 30.3 Å². The summed E-state index contributed by atoms with van der Waals surface area (Å²) >= 11 is 0. The first-order chi connectivity index (χ1) is 9.09. The zero-order valence-electron chi connectivity index (χ0n) is 10.3. The summed E-state index contributed by atoms with van der Waals surface area (Å²) in [5, 5.41) is 10.1. The van der Waals surface area contributed by atoms with E-state index in [1.165, 1.54) is 6.92 Å². The van der Waals surface area contributed by atoms with Gasteiger partial charge in [-0.25, -0.2) is 0 Å². The third-order valence-electron chi connectivity index (χ3n) is 3.25. The van der Waals surface area contributed by atoms with Crippen molar-refractivity contribution in [2.45, 2.75) is 6.92 Å². The molecule has 0 spiro atoms. The molecule has 4 nitrogen and oxygen atoms in total. The number of anilines is 1. The van der Waals surface area contributed by atoms with E-state index in [1.54, 1.807) is 24.3 Å². The van der Waals surface area contributed by atoms with E-state index >= 15 is 0 Å². The lowest BCUT2D eigenvalue weighted by Gasteiger charge is -2.13. The molecule has 0 bridgehead atoms. The number of rotatable bonds is 1. The number of hydroxylamine groups is 1. The Labute approximate surface area is 109 Å². The van der Waals surface area contributed by atoms with Crippen molar-refractivity contribution in [2.24, 2.45) is 0 Å². The summed E-state index contributed by atoms with van der Waals surface area (Å²) in [6.07, 6.45) is 0. The van der Waals surface area contributed by atoms with E-state index in [0.29, 0.717) is 21.9 Å². The quantitative estimate of drug-likeness (QED) is 0.535. The highest BCUT2D eigenvalue weighted by Gasteiger charge is 2.27. The van der Waals surface area contributed by atoms with Crippen molar-refractivity contribution in [3.8, 4) is 11.1 Å². The number of ketones is 1. The number of nitrogens with zero attached hydrogens (tertiary/aromatic N) is 1. The molecule has 19 heavy (non-hydrogen) atoms. The molecule has 0 aromatic heterocycles. The van der Waals surface area contributed by atoms with Crippen LogP contribution in [0.5, 0.6) is 0 Å². The maximum Gasteiger partial charge on any atom is 0.247 e. The van der Waals surface area contributed by atoms with E-state index in [1.807, 2.05) is 18.2 Å². The number of benzene rings is 2. The first-order valence-corrected chi connectivity index (χ1v) is 5.87. The number of carbonyl (C=O) groups excluding carboxylic acids is 2. The molecule has 0 saturated carbocycles. The van der Waals surface area contributed by atoms with Crippen LogP contribution in [0.15, 0.2) is 42.5 Å². The van der Waals surface area contributed by atoms with Gasteiger partial charge in [0.2, 0.25) is 5.91 Å². The van der Waals surface area contributed by atoms with Crippen molar-refractivity contribution in [3.63, 3.8) is 0 Å². The Morgan fingerprint density at radius 1 is 1.00 bits per heavy atom. The first-order valence-electron chi connectivity index (χ1n) is 5.87. The zero-order valence-corrected chi connectivity index (χ0v) is 10.3. The lowest BCUT2D eigenvalue weighted by atomic mass is 10.1. The molecule has 1 aliphatic rings. The summed E-state index contributed by atoms with van der Waals surface area (Å²) in [5.41, 5.74) is 3.19. The fourth-order valence-electron chi connectivity index (χ4n) is 2.33. The van der Waals surface area contributed by atoms with E-state index in [0.717, 1.165) is 11.1 Å². The molecule has 94 valence electrons. The average molecular weight is 253 g/mol. The highest BCUT2D eigenvalue weighted by molar-refractivity contribution is 6.22. The molecule has 0 aliphatic heterocycles. The number of carbonyl (C=O) groups is 2. The molecular weight excluding hydrogens is 242 g/mol. The Hall–Kier alpha value is -2.46. The molecule has 3 rings (SSSR count). The smallest absolute Gasteiger partial charge is 0.247 e. The lowest BCUT2D eigenvalue weighted by Crippen LogP contribution is -2.23. The van der Waals surface area contributed by atoms with Crippen LogP contribution in [0.3, 0.4) is 0 Å². The minimum atomic E-state index is -0.497. The SMILES string of the molecule is CC(=O)N(O)c1ccc2c(c1)C(=O)c1ccccc1-2. The highest BCUT2D eigenvalue weighted by Crippen LogP contribution is 2.37. The largest absolute Gasteiger partial charge is 0.289 e. The monoisotopic (exact) mass is 253 g/mol. The second-order valence-electron chi connectivity index (χ2n) is 4.44. The zero-order chi connectivity index (χ0) is 13.6. The van der Waals surface area contributed by atoms with Crippen molar-refractivity contribution in [2.75, 3.05) is 5.06 Å². The third-order valence-corrected chi connectivity index (χ3v) is 3.25. The van der Waals surface area contributed by atoms with Crippen LogP contribution in [0.25, 0.3) is 11.1 Å². The van der Waals surface area contributed by atoms with E-state index < -0.39 is 5.91 Å². The maximum absolute atomic E-state index is 12.2. The Balaban J connectivity index is 2.15. The second kappa shape index (κ2) is 4.03. The molecule has 0 saturated heterocycles. The number of fused-ring (bicyclic) bond motifs is 3. The van der Waals surface area contributed by atoms with Crippen LogP contribution in [0.2, 0.25) is 0 Å². The van der Waals surface area contributed by atoms with E-state index in [-0.39, 0.29) is 5.78 Å². The summed E-state index contributed by atoms with van der Waals surface area (Å²) in [4.78, 5) is 23.4. The van der Waals surface area contributed by atoms with Gasteiger partial charge < -0.3 is 0 Å². The van der Waals surface area contributed by atoms with Crippen LogP contribution in [0, 0.1) is 0 Å². The molecule has 0 radical (unpaired) electrons. The predicted octanol–water partition coefficient (Wildman–Crippen LogP) is 2.64. The number of hydrogen-bond acceptors (Lipinski definition) is 3. The molecule has 0 unspecified atom stereocenters. The van der Waals surface area contributed by atoms with Gasteiger partial charge in [0.25, 0.3) is 0 Å². The fraction of sp³-hybridized carbons (Fsp3) is 0.0667. The molecule has 2 aromatic carbocycles. The van der Waals surface area contributed by atoms with Crippen molar-refractivity contribution < 1.29 is 14.8 Å². The lowest BCUT2D eigenvalue weighted by molar-refractivity contribution is -0.121. The summed E-state index contributed by atoms with van der Waals surface area (Å²) < 4.78 is 0. The molecule has 4 heteroatoms. The van der Waals surface area contributed by atoms with Gasteiger partial charge in [0.05, 0.1) is 5.69 Å². The van der Waals surface area contributed by atoms with Crippen LogP contribution in [0.4, 0.5) is 5.69 Å². The molecule has 1 amide bonds. The average Bonchev–Trinajstić information content (AvgIpc) is 2.72. The third kappa shape index (κ3) is 1.65. The van der Waals surface area contributed by atoms with Crippen molar-refractivity contribution in [3.05, 3.63) is 53.6 Å². The van der Waals surface area contributed by atoms with Gasteiger partial charge >= 0.3 is 0 Å². The second-order valence-corrected chi connectivity index (χ2v) is 4.44. The Kier molecular flexibility index (Phi) is 2.47. The Morgan fingerprint density at radius 2 is 1.63 bits per heavy atom. The van der Waals surface area contributed by atoms with Gasteiger partial charge in [0, 0.05) is 18.1 Å². The van der Waals surface area contributed by atoms with Gasteiger partial charge in [-0.3, -0.25) is 14.8 Å². The standard InChI is InChI=1S/C15H11NO3/c1-9(17)16(19)10-6-7-12-11-4-2-3-5-13(11)15(18)14(12)8-10/h2-8,19H,1H3. The number of amides is 1. The van der Waals surface area contributed by atoms with Gasteiger partial charge in [0.15, 0.2) is 5.78 Å². The van der Waals surface area contributed by atoms with Gasteiger partial charge in [-0.2, -0.15) is 5.06 Å². The van der Waals surface area contributed by atoms with Crippen molar-refractivity contribution in [1.29, 1.82) is 0 Å². The van der Waals surface area contributed by atoms with Crippen LogP contribution in [-0.2, 0) is 4.79 Å². The minimum Gasteiger partial charge on any atom is -0.289 e. The topological polar surface area (TPSA) is 57.6 Å². The molecule has 2 aromatic rings. The normalized spacial score (nSPS) is 12.0. The molecule has 0 atom stereocenters. The van der Waals surface area contributed by atoms with E-state index in [4.69, 9.17) is 0 Å². The van der Waals surface area contributed by atoms with Crippen LogP contribution in [0.1, 0.15) is 22.8 Å². The molecule has 1 N–H and O–H groups in total. The van der Waals surface area contributed by atoms with Gasteiger partial charge in [-0.05, 0) is 23.3 Å². The molecular formula is C15H11NO3. The fourth-order valence-corrected chi connectivity index (χ4v) is 2.33. The van der Waals surface area contributed by atoms with Crippen LogP contribution >= 0.6 is 0 Å².